The molecule has 1 aliphatic carbocycles. The third-order valence-corrected chi connectivity index (χ3v) is 7.60. The van der Waals surface area contributed by atoms with Crippen molar-refractivity contribution in [2.24, 2.45) is 5.92 Å². The average molecular weight is 514 g/mol. The molecule has 1 atom stereocenters. The second-order valence-corrected chi connectivity index (χ2v) is 10.1. The maximum absolute atomic E-state index is 13.8. The fraction of sp³-hybridized carbons (Fsp3) is 0.542. The van der Waals surface area contributed by atoms with E-state index in [1.807, 2.05) is 18.5 Å². The zero-order valence-corrected chi connectivity index (χ0v) is 21.5. The number of fused-ring (bicyclic) bond motifs is 1. The molecular weight excluding hydrogens is 482 g/mol. The first kappa shape index (κ1) is 24.3. The highest BCUT2D eigenvalue weighted by Crippen LogP contribution is 2.38. The van der Waals surface area contributed by atoms with Crippen LogP contribution in [0.15, 0.2) is 17.8 Å². The minimum atomic E-state index is -0.458. The zero-order valence-electron chi connectivity index (χ0n) is 20.7. The molecule has 5 rings (SSSR count). The summed E-state index contributed by atoms with van der Waals surface area (Å²) in [6.45, 7) is 5.37. The number of alkyl carbamates (subject to hydrolysis) is 1. The molecule has 1 aliphatic heterocycles. The van der Waals surface area contributed by atoms with Crippen molar-refractivity contribution in [1.82, 2.24) is 29.8 Å². The third kappa shape index (κ3) is 4.95. The van der Waals surface area contributed by atoms with Crippen molar-refractivity contribution in [1.29, 1.82) is 0 Å². The number of hydrogen-bond acceptors (Lipinski definition) is 9. The lowest BCUT2D eigenvalue weighted by Gasteiger charge is -2.32. The Bertz CT molecular complexity index is 1250. The van der Waals surface area contributed by atoms with E-state index in [4.69, 9.17) is 19.4 Å². The lowest BCUT2D eigenvalue weighted by molar-refractivity contribution is 0.0693. The van der Waals surface area contributed by atoms with Crippen molar-refractivity contribution in [3.05, 3.63) is 23.5 Å². The van der Waals surface area contributed by atoms with Crippen LogP contribution in [0.3, 0.4) is 0 Å². The summed E-state index contributed by atoms with van der Waals surface area (Å²) in [6.07, 6.45) is 6.77. The molecule has 36 heavy (non-hydrogen) atoms. The van der Waals surface area contributed by atoms with Gasteiger partial charge in [0.25, 0.3) is 5.91 Å². The van der Waals surface area contributed by atoms with E-state index in [2.05, 4.69) is 22.7 Å². The number of aromatic nitrogens is 4. The molecule has 11 nitrogen and oxygen atoms in total. The van der Waals surface area contributed by atoms with Crippen LogP contribution in [0.5, 0.6) is 5.75 Å². The minimum absolute atomic E-state index is 0.0371. The minimum Gasteiger partial charge on any atom is -0.488 e. The molecule has 192 valence electrons. The van der Waals surface area contributed by atoms with Gasteiger partial charge in [0.05, 0.1) is 25.5 Å². The molecular formula is C24H31N7O4S. The van der Waals surface area contributed by atoms with E-state index in [1.165, 1.54) is 20.0 Å². The van der Waals surface area contributed by atoms with E-state index in [9.17, 15) is 9.59 Å². The Morgan fingerprint density at radius 2 is 2.00 bits per heavy atom. The number of amides is 2. The number of ether oxygens (including phenoxy) is 2. The topological polar surface area (TPSA) is 123 Å². The summed E-state index contributed by atoms with van der Waals surface area (Å²) < 4.78 is 12.5. The van der Waals surface area contributed by atoms with E-state index in [1.54, 1.807) is 26.9 Å². The summed E-state index contributed by atoms with van der Waals surface area (Å²) >= 11 is 1.54. The Morgan fingerprint density at radius 1 is 1.22 bits per heavy atom. The summed E-state index contributed by atoms with van der Waals surface area (Å²) in [7, 11) is 1.34. The number of likely N-dealkylation sites (tertiary alicyclic amines) is 1. The maximum Gasteiger partial charge on any atom is 0.407 e. The van der Waals surface area contributed by atoms with E-state index < -0.39 is 6.09 Å². The summed E-state index contributed by atoms with van der Waals surface area (Å²) in [4.78, 5) is 37.6. The van der Waals surface area contributed by atoms with Crippen molar-refractivity contribution < 1.29 is 19.1 Å². The quantitative estimate of drug-likeness (QED) is 0.470. The van der Waals surface area contributed by atoms with Gasteiger partial charge in [-0.1, -0.05) is 0 Å². The number of carbonyl (C=O) groups excluding carboxylic acids is 2. The average Bonchev–Trinajstić information content (AvgIpc) is 3.51. The molecule has 0 radical (unpaired) electrons. The predicted octanol–water partition coefficient (Wildman–Crippen LogP) is 3.42. The summed E-state index contributed by atoms with van der Waals surface area (Å²) in [5.74, 6) is 1.71. The molecule has 1 saturated heterocycles. The molecule has 1 saturated carbocycles. The fourth-order valence-corrected chi connectivity index (χ4v) is 5.30. The predicted molar refractivity (Wildman–Crippen MR) is 136 cm³/mol. The molecule has 3 aromatic heterocycles. The molecule has 0 bridgehead atoms. The number of thiazole rings is 1. The molecule has 2 fully saturated rings. The van der Waals surface area contributed by atoms with Crippen molar-refractivity contribution in [2.75, 3.05) is 32.1 Å². The molecule has 4 heterocycles. The smallest absolute Gasteiger partial charge is 0.407 e. The number of carbonyl (C=O) groups is 2. The number of anilines is 1. The van der Waals surface area contributed by atoms with Crippen LogP contribution >= 0.6 is 11.3 Å². The zero-order chi connectivity index (χ0) is 25.2. The molecule has 2 aliphatic rings. The van der Waals surface area contributed by atoms with Gasteiger partial charge < -0.3 is 25.0 Å². The van der Waals surface area contributed by atoms with Gasteiger partial charge >= 0.3 is 6.09 Å². The van der Waals surface area contributed by atoms with Gasteiger partial charge in [0, 0.05) is 36.8 Å². The highest BCUT2D eigenvalue weighted by atomic mass is 32.1. The number of hydrogen-bond donors (Lipinski definition) is 2. The largest absolute Gasteiger partial charge is 0.488 e. The van der Waals surface area contributed by atoms with Crippen LogP contribution in [0.2, 0.25) is 0 Å². The highest BCUT2D eigenvalue weighted by molar-refractivity contribution is 7.16. The normalized spacial score (nSPS) is 17.1. The van der Waals surface area contributed by atoms with Gasteiger partial charge in [-0.25, -0.2) is 19.3 Å². The van der Waals surface area contributed by atoms with Crippen molar-refractivity contribution in [3.63, 3.8) is 0 Å². The molecule has 0 spiro atoms. The molecule has 1 unspecified atom stereocenters. The van der Waals surface area contributed by atoms with Gasteiger partial charge in [-0.2, -0.15) is 5.10 Å². The molecule has 0 aromatic carbocycles. The van der Waals surface area contributed by atoms with Gasteiger partial charge in [-0.05, 0) is 45.4 Å². The third-order valence-electron chi connectivity index (χ3n) is 6.71. The molecule has 2 amide bonds. The van der Waals surface area contributed by atoms with Crippen LogP contribution in [-0.4, -0.2) is 75.4 Å². The maximum atomic E-state index is 13.8. The van der Waals surface area contributed by atoms with Crippen LogP contribution in [-0.2, 0) is 4.74 Å². The summed E-state index contributed by atoms with van der Waals surface area (Å²) in [5, 5.41) is 12.7. The summed E-state index contributed by atoms with van der Waals surface area (Å²) in [5.41, 5.74) is 1.01. The SMILES string of the molecule is CCOc1c(NC(C)C2CC2)nc(-c2cnn3ccsc23)nc1C(=O)N1CCC(NC(=O)OC)CC1. The lowest BCUT2D eigenvalue weighted by Crippen LogP contribution is -2.46. The van der Waals surface area contributed by atoms with E-state index in [-0.39, 0.29) is 23.7 Å². The fourth-order valence-electron chi connectivity index (χ4n) is 4.51. The second-order valence-electron chi connectivity index (χ2n) is 9.19. The monoisotopic (exact) mass is 513 g/mol. The summed E-state index contributed by atoms with van der Waals surface area (Å²) in [6, 6.07) is 0.161. The van der Waals surface area contributed by atoms with Crippen LogP contribution in [0.1, 0.15) is 50.0 Å². The second kappa shape index (κ2) is 10.3. The Balaban J connectivity index is 1.49. The van der Waals surface area contributed by atoms with Gasteiger partial charge in [0.15, 0.2) is 23.1 Å². The van der Waals surface area contributed by atoms with Crippen molar-refractivity contribution in [2.45, 2.75) is 51.6 Å². The number of methoxy groups -OCH3 is 1. The van der Waals surface area contributed by atoms with Crippen molar-refractivity contribution >= 4 is 34.0 Å². The van der Waals surface area contributed by atoms with E-state index in [0.717, 1.165) is 10.4 Å². The van der Waals surface area contributed by atoms with Crippen molar-refractivity contribution in [3.8, 4) is 17.1 Å². The van der Waals surface area contributed by atoms with Crippen LogP contribution in [0, 0.1) is 5.92 Å². The van der Waals surface area contributed by atoms with Gasteiger partial charge in [-0.15, -0.1) is 11.3 Å². The molecule has 2 N–H and O–H groups in total. The lowest BCUT2D eigenvalue weighted by atomic mass is 10.0. The van der Waals surface area contributed by atoms with E-state index in [0.29, 0.717) is 55.8 Å². The Morgan fingerprint density at radius 3 is 2.69 bits per heavy atom. The number of piperidine rings is 1. The van der Waals surface area contributed by atoms with E-state index >= 15 is 0 Å². The van der Waals surface area contributed by atoms with Gasteiger partial charge in [-0.3, -0.25) is 4.79 Å². The molecule has 3 aromatic rings. The highest BCUT2D eigenvalue weighted by Gasteiger charge is 2.33. The molecule has 12 heteroatoms. The number of rotatable bonds is 8. The standard InChI is InChI=1S/C24H31N7O4S/c1-4-35-19-18(22(32)30-9-7-16(8-10-30)27-24(33)34-3)28-20(17-13-25-31-11-12-36-23(17)31)29-21(19)26-14(2)15-5-6-15/h11-16H,4-10H2,1-3H3,(H,27,33)(H,26,28,29). The Labute approximate surface area is 213 Å². The van der Waals surface area contributed by atoms with Crippen LogP contribution < -0.4 is 15.4 Å². The Kier molecular flexibility index (Phi) is 6.95. The number of nitrogens with one attached hydrogen (secondary N) is 2. The van der Waals surface area contributed by atoms with Gasteiger partial charge in [0.2, 0.25) is 0 Å². The van der Waals surface area contributed by atoms with Crippen LogP contribution in [0.25, 0.3) is 16.2 Å². The first-order valence-electron chi connectivity index (χ1n) is 12.3. The van der Waals surface area contributed by atoms with Gasteiger partial charge in [0.1, 0.15) is 4.83 Å². The Hall–Kier alpha value is -3.41. The number of nitrogens with zero attached hydrogens (tertiary/aromatic N) is 5. The first-order chi connectivity index (χ1) is 17.5. The first-order valence-corrected chi connectivity index (χ1v) is 13.2. The van der Waals surface area contributed by atoms with Crippen LogP contribution in [0.4, 0.5) is 10.6 Å².